The van der Waals surface area contributed by atoms with E-state index in [1.165, 1.54) is 13.3 Å². The Morgan fingerprint density at radius 2 is 1.63 bits per heavy atom. The van der Waals surface area contributed by atoms with Crippen molar-refractivity contribution in [2.45, 2.75) is 45.3 Å². The Bertz CT molecular complexity index is 1640. The van der Waals surface area contributed by atoms with E-state index in [9.17, 15) is 24.0 Å². The molecule has 18 nitrogen and oxygen atoms in total. The van der Waals surface area contributed by atoms with Crippen LogP contribution in [-0.4, -0.2) is 109 Å². The van der Waals surface area contributed by atoms with Gasteiger partial charge in [0.05, 0.1) is 39.7 Å². The number of carbonyl (C=O) groups is 4. The number of aromatic nitrogens is 4. The van der Waals surface area contributed by atoms with Crippen molar-refractivity contribution >= 4 is 52.5 Å². The van der Waals surface area contributed by atoms with Crippen molar-refractivity contribution < 1.29 is 38.1 Å². The smallest absolute Gasteiger partial charge is 0.407 e. The van der Waals surface area contributed by atoms with E-state index in [2.05, 4.69) is 35.9 Å². The van der Waals surface area contributed by atoms with Crippen LogP contribution in [0.2, 0.25) is 0 Å². The second-order valence-corrected chi connectivity index (χ2v) is 11.5. The summed E-state index contributed by atoms with van der Waals surface area (Å²) in [7, 11) is 2.90. The van der Waals surface area contributed by atoms with Gasteiger partial charge in [0, 0.05) is 37.8 Å². The number of nitrogens with two attached hydrogens (primary N) is 1. The van der Waals surface area contributed by atoms with Gasteiger partial charge in [-0.2, -0.15) is 4.98 Å². The Labute approximate surface area is 282 Å². The molecule has 266 valence electrons. The number of aromatic amines is 1. The second kappa shape index (κ2) is 18.3. The van der Waals surface area contributed by atoms with Crippen LogP contribution >= 0.6 is 0 Å². The van der Waals surface area contributed by atoms with Crippen molar-refractivity contribution in [2.75, 3.05) is 64.3 Å². The van der Waals surface area contributed by atoms with Crippen molar-refractivity contribution in [3.05, 3.63) is 46.4 Å². The summed E-state index contributed by atoms with van der Waals surface area (Å²) in [4.78, 5) is 77.9. The second-order valence-electron chi connectivity index (χ2n) is 11.5. The van der Waals surface area contributed by atoms with Gasteiger partial charge >= 0.3 is 12.1 Å². The van der Waals surface area contributed by atoms with Crippen LogP contribution in [-0.2, 0) is 28.5 Å². The van der Waals surface area contributed by atoms with Gasteiger partial charge in [-0.1, -0.05) is 0 Å². The number of nitrogens with one attached hydrogen (secondary N) is 4. The molecule has 0 fully saturated rings. The molecule has 0 unspecified atom stereocenters. The minimum Gasteiger partial charge on any atom is -0.467 e. The van der Waals surface area contributed by atoms with Crippen LogP contribution < -0.4 is 32.1 Å². The lowest BCUT2D eigenvalue weighted by molar-refractivity contribution is -0.143. The molecule has 18 heteroatoms. The molecule has 1 atom stereocenters. The lowest BCUT2D eigenvalue weighted by Crippen LogP contribution is -2.42. The van der Waals surface area contributed by atoms with Gasteiger partial charge in [-0.15, -0.1) is 0 Å². The van der Waals surface area contributed by atoms with Crippen molar-refractivity contribution in [1.82, 2.24) is 35.9 Å². The molecule has 3 aromatic rings. The summed E-state index contributed by atoms with van der Waals surface area (Å²) in [6.07, 6.45) is 0.888. The number of hydrogen-bond acceptors (Lipinski definition) is 14. The molecule has 2 heterocycles. The summed E-state index contributed by atoms with van der Waals surface area (Å²) in [5.41, 5.74) is 5.49. The fourth-order valence-corrected chi connectivity index (χ4v) is 4.18. The number of nitrogens with zero attached hydrogens (tertiary/aromatic N) is 4. The highest BCUT2D eigenvalue weighted by molar-refractivity contribution is 5.97. The summed E-state index contributed by atoms with van der Waals surface area (Å²) in [6.45, 7) is 7.00. The number of alkyl carbamates (subject to hydrolysis) is 1. The highest BCUT2D eigenvalue weighted by Crippen LogP contribution is 2.22. The van der Waals surface area contributed by atoms with E-state index in [0.717, 1.165) is 0 Å². The van der Waals surface area contributed by atoms with Crippen molar-refractivity contribution in [3.8, 4) is 0 Å². The van der Waals surface area contributed by atoms with E-state index < -0.39 is 35.2 Å². The number of hydrogen-bond donors (Lipinski definition) is 5. The molecule has 0 aliphatic heterocycles. The molecule has 0 bridgehead atoms. The topological polar surface area (TPSA) is 242 Å². The van der Waals surface area contributed by atoms with E-state index in [1.54, 1.807) is 57.0 Å². The zero-order valence-corrected chi connectivity index (χ0v) is 28.2. The molecule has 3 rings (SSSR count). The molecule has 1 aromatic carbocycles. The first-order valence-corrected chi connectivity index (χ1v) is 15.4. The van der Waals surface area contributed by atoms with Crippen LogP contribution in [0.25, 0.3) is 11.2 Å². The third-order valence-corrected chi connectivity index (χ3v) is 6.59. The number of methoxy groups -OCH3 is 1. The fourth-order valence-electron chi connectivity index (χ4n) is 4.18. The molecule has 0 radical (unpaired) electrons. The van der Waals surface area contributed by atoms with Crippen LogP contribution in [0.15, 0.2) is 35.3 Å². The summed E-state index contributed by atoms with van der Waals surface area (Å²) < 4.78 is 20.7. The zero-order chi connectivity index (χ0) is 36.0. The van der Waals surface area contributed by atoms with Gasteiger partial charge < -0.3 is 45.5 Å². The Kier molecular flexibility index (Phi) is 14.2. The van der Waals surface area contributed by atoms with E-state index >= 15 is 0 Å². The summed E-state index contributed by atoms with van der Waals surface area (Å²) in [6, 6.07) is 5.36. The first kappa shape index (κ1) is 38.1. The van der Waals surface area contributed by atoms with Gasteiger partial charge in [-0.3, -0.25) is 19.4 Å². The maximum Gasteiger partial charge on any atom is 0.407 e. The molecule has 6 N–H and O–H groups in total. The average Bonchev–Trinajstić information content (AvgIpc) is 3.05. The standard InChI is InChI=1S/C31H43N9O9/c1-31(2,3)49-30(45)34-13-15-48-17-16-47-14-12-33-23(41)11-10-21(28(44)46-5)36-26(42)19-6-8-20(9-7-19)40(4)22-18-35-25-24(37-22)27(43)39-29(32)38-25/h6-9,18,21H,10-17H2,1-5H3,(H,33,41)(H,34,45)(H,36,42)(H3,32,35,38,39,43)/t21-/m0/s1. The van der Waals surface area contributed by atoms with Crippen LogP contribution in [0, 0.1) is 0 Å². The molecule has 0 saturated heterocycles. The first-order chi connectivity index (χ1) is 23.3. The number of ether oxygens (including phenoxy) is 4. The number of rotatable bonds is 17. The largest absolute Gasteiger partial charge is 0.467 e. The Morgan fingerprint density at radius 1 is 0.980 bits per heavy atom. The first-order valence-electron chi connectivity index (χ1n) is 15.4. The molecule has 0 saturated carbocycles. The summed E-state index contributed by atoms with van der Waals surface area (Å²) in [5, 5.41) is 7.90. The minimum absolute atomic E-state index is 0.0113. The summed E-state index contributed by atoms with van der Waals surface area (Å²) >= 11 is 0. The molecular formula is C31H43N9O9. The number of anilines is 3. The van der Waals surface area contributed by atoms with Gasteiger partial charge in [-0.05, 0) is 51.5 Å². The van der Waals surface area contributed by atoms with Gasteiger partial charge in [-0.25, -0.2) is 19.6 Å². The van der Waals surface area contributed by atoms with E-state index in [4.69, 9.17) is 24.7 Å². The number of carbonyl (C=O) groups excluding carboxylic acids is 4. The summed E-state index contributed by atoms with van der Waals surface area (Å²) in [5.74, 6) is -1.27. The Hall–Kier alpha value is -5.36. The Morgan fingerprint density at radius 3 is 2.27 bits per heavy atom. The number of amides is 3. The lowest BCUT2D eigenvalue weighted by Gasteiger charge is -2.19. The zero-order valence-electron chi connectivity index (χ0n) is 28.2. The number of esters is 1. The number of nitrogen functional groups attached to an aromatic ring is 1. The monoisotopic (exact) mass is 685 g/mol. The van der Waals surface area contributed by atoms with Crippen LogP contribution in [0.5, 0.6) is 0 Å². The van der Waals surface area contributed by atoms with Gasteiger partial charge in [0.1, 0.15) is 11.6 Å². The number of fused-ring (bicyclic) bond motifs is 1. The molecule has 2 aromatic heterocycles. The molecule has 0 spiro atoms. The van der Waals surface area contributed by atoms with E-state index in [-0.39, 0.29) is 54.6 Å². The predicted molar refractivity (Wildman–Crippen MR) is 178 cm³/mol. The molecular weight excluding hydrogens is 642 g/mol. The molecule has 49 heavy (non-hydrogen) atoms. The maximum absolute atomic E-state index is 13.0. The predicted octanol–water partition coefficient (Wildman–Crippen LogP) is 0.789. The SMILES string of the molecule is COC(=O)[C@H](CCC(=O)NCCOCCOCCNC(=O)OC(C)(C)C)NC(=O)c1ccc(N(C)c2cnc3nc(N)[nH]c(=O)c3n2)cc1. The third-order valence-electron chi connectivity index (χ3n) is 6.59. The lowest BCUT2D eigenvalue weighted by atomic mass is 10.1. The maximum atomic E-state index is 13.0. The highest BCUT2D eigenvalue weighted by atomic mass is 16.6. The molecule has 0 aliphatic carbocycles. The third kappa shape index (κ3) is 12.6. The number of H-pyrrole nitrogens is 1. The van der Waals surface area contributed by atoms with Crippen molar-refractivity contribution in [3.63, 3.8) is 0 Å². The van der Waals surface area contributed by atoms with Gasteiger partial charge in [0.2, 0.25) is 11.9 Å². The van der Waals surface area contributed by atoms with E-state index in [0.29, 0.717) is 37.9 Å². The minimum atomic E-state index is -1.06. The van der Waals surface area contributed by atoms with Gasteiger partial charge in [0.15, 0.2) is 17.0 Å². The van der Waals surface area contributed by atoms with Crippen molar-refractivity contribution in [2.24, 2.45) is 0 Å². The van der Waals surface area contributed by atoms with E-state index in [1.807, 2.05) is 0 Å². The molecule has 0 aliphatic rings. The van der Waals surface area contributed by atoms with Gasteiger partial charge in [0.25, 0.3) is 11.5 Å². The highest BCUT2D eigenvalue weighted by Gasteiger charge is 2.23. The number of benzene rings is 1. The van der Waals surface area contributed by atoms with Crippen LogP contribution in [0.4, 0.5) is 22.2 Å². The van der Waals surface area contributed by atoms with Crippen molar-refractivity contribution in [1.29, 1.82) is 0 Å². The van der Waals surface area contributed by atoms with Crippen LogP contribution in [0.1, 0.15) is 44.0 Å². The van der Waals surface area contributed by atoms with Crippen LogP contribution in [0.3, 0.4) is 0 Å². The fraction of sp³-hybridized carbons (Fsp3) is 0.484. The normalized spacial score (nSPS) is 11.8. The quantitative estimate of drug-likeness (QED) is 0.0975. The Balaban J connectivity index is 1.38. The molecule has 3 amide bonds. The average molecular weight is 686 g/mol.